The topological polar surface area (TPSA) is 114 Å². The van der Waals surface area contributed by atoms with Gasteiger partial charge in [0.05, 0.1) is 18.6 Å². The molecule has 2 aliphatic rings. The highest BCUT2D eigenvalue weighted by molar-refractivity contribution is 5.86. The predicted octanol–water partition coefficient (Wildman–Crippen LogP) is 4.58. The first-order valence-electron chi connectivity index (χ1n) is 13.3. The molecule has 0 spiro atoms. The minimum atomic E-state index is -3.41. The van der Waals surface area contributed by atoms with Crippen LogP contribution in [-0.4, -0.2) is 54.3 Å². The van der Waals surface area contributed by atoms with E-state index in [0.29, 0.717) is 0 Å². The van der Waals surface area contributed by atoms with Gasteiger partial charge in [0.2, 0.25) is 5.91 Å². The van der Waals surface area contributed by atoms with Crippen molar-refractivity contribution < 1.29 is 37.7 Å². The summed E-state index contributed by atoms with van der Waals surface area (Å²) in [6.07, 6.45) is -1.74. The Morgan fingerprint density at radius 2 is 1.51 bits per heavy atom. The molecule has 0 heterocycles. The molecule has 3 aromatic carbocycles. The summed E-state index contributed by atoms with van der Waals surface area (Å²) in [6.45, 7) is 1.17. The molecule has 0 unspecified atom stereocenters. The Hall–Kier alpha value is -4.31. The van der Waals surface area contributed by atoms with Crippen LogP contribution < -0.4 is 10.6 Å². The zero-order valence-corrected chi connectivity index (χ0v) is 22.3. The summed E-state index contributed by atoms with van der Waals surface area (Å²) in [6, 6.07) is 23.6. The Morgan fingerprint density at radius 3 is 2.10 bits per heavy atom. The highest BCUT2D eigenvalue weighted by Gasteiger charge is 2.72. The monoisotopic (exact) mass is 564 g/mol. The van der Waals surface area contributed by atoms with Crippen LogP contribution in [-0.2, 0) is 25.7 Å². The number of carbonyl (C=O) groups excluding carboxylic acids is 2. The first-order chi connectivity index (χ1) is 19.7. The number of alkyl carbamates (subject to hydrolysis) is 1. The minimum absolute atomic E-state index is 0.0159. The number of carboxylic acids is 1. The molecule has 2 amide bonds. The van der Waals surface area contributed by atoms with Gasteiger partial charge in [0.15, 0.2) is 0 Å². The maximum Gasteiger partial charge on any atom is 0.407 e. The van der Waals surface area contributed by atoms with E-state index in [1.54, 1.807) is 6.92 Å². The van der Waals surface area contributed by atoms with Crippen LogP contribution >= 0.6 is 0 Å². The van der Waals surface area contributed by atoms with E-state index in [1.807, 2.05) is 78.9 Å². The zero-order valence-electron chi connectivity index (χ0n) is 22.3. The van der Waals surface area contributed by atoms with E-state index in [-0.39, 0.29) is 19.1 Å². The Labute approximate surface area is 235 Å². The molecule has 4 atom stereocenters. The van der Waals surface area contributed by atoms with Crippen molar-refractivity contribution in [2.45, 2.75) is 37.5 Å². The van der Waals surface area contributed by atoms with Crippen molar-refractivity contribution in [3.8, 4) is 11.1 Å². The molecule has 3 N–H and O–H groups in total. The number of fused-ring (bicyclic) bond motifs is 3. The standard InChI is InChI=1S/C31H30F2N2O6/c1-18(40-16-19-9-3-2-4-10-19)27(28(36)34-15-25-26(29(37)38)31(25,32)33)35-30(39)41-17-24-22-13-7-5-11-20(22)21-12-6-8-14-23(21)24/h2-14,18,24-27H,15-17H2,1H3,(H,34,36)(H,35,39)(H,37,38)/t18-,25+,26+,27+/m0/s1. The Bertz CT molecular complexity index is 1390. The molecule has 8 nitrogen and oxygen atoms in total. The zero-order chi connectivity index (χ0) is 29.1. The third-order valence-corrected chi connectivity index (χ3v) is 7.69. The quantitative estimate of drug-likeness (QED) is 0.314. The number of alkyl halides is 2. The lowest BCUT2D eigenvalue weighted by Gasteiger charge is -2.25. The van der Waals surface area contributed by atoms with E-state index in [4.69, 9.17) is 14.6 Å². The lowest BCUT2D eigenvalue weighted by atomic mass is 9.98. The molecule has 0 bridgehead atoms. The van der Waals surface area contributed by atoms with E-state index < -0.39 is 54.4 Å². The summed E-state index contributed by atoms with van der Waals surface area (Å²) in [7, 11) is 0. The van der Waals surface area contributed by atoms with Crippen LogP contribution in [0.25, 0.3) is 11.1 Å². The van der Waals surface area contributed by atoms with Gasteiger partial charge in [-0.15, -0.1) is 0 Å². The Kier molecular flexibility index (Phi) is 8.03. The van der Waals surface area contributed by atoms with Crippen LogP contribution in [0.15, 0.2) is 78.9 Å². The van der Waals surface area contributed by atoms with E-state index >= 15 is 0 Å². The van der Waals surface area contributed by atoms with Gasteiger partial charge in [0.1, 0.15) is 18.6 Å². The number of hydrogen-bond acceptors (Lipinski definition) is 5. The van der Waals surface area contributed by atoms with E-state index in [9.17, 15) is 23.2 Å². The molecule has 214 valence electrons. The number of benzene rings is 3. The number of aliphatic carboxylic acids is 1. The van der Waals surface area contributed by atoms with E-state index in [1.165, 1.54) is 0 Å². The van der Waals surface area contributed by atoms with Gasteiger partial charge in [-0.25, -0.2) is 13.6 Å². The molecule has 1 fully saturated rings. The molecule has 5 rings (SSSR count). The van der Waals surface area contributed by atoms with Crippen LogP contribution in [0.2, 0.25) is 0 Å². The molecule has 0 radical (unpaired) electrons. The first kappa shape index (κ1) is 28.2. The predicted molar refractivity (Wildman–Crippen MR) is 145 cm³/mol. The lowest BCUT2D eigenvalue weighted by molar-refractivity contribution is -0.141. The fraction of sp³-hybridized carbons (Fsp3) is 0.323. The van der Waals surface area contributed by atoms with Gasteiger partial charge in [0, 0.05) is 12.5 Å². The number of hydrogen-bond donors (Lipinski definition) is 3. The van der Waals surface area contributed by atoms with Gasteiger partial charge in [-0.05, 0) is 34.7 Å². The molecule has 41 heavy (non-hydrogen) atoms. The maximum atomic E-state index is 13.9. The molecule has 1 saturated carbocycles. The van der Waals surface area contributed by atoms with Crippen LogP contribution in [0.1, 0.15) is 29.5 Å². The van der Waals surface area contributed by atoms with Gasteiger partial charge in [-0.1, -0.05) is 78.9 Å². The molecule has 10 heteroatoms. The summed E-state index contributed by atoms with van der Waals surface area (Å²) in [5.74, 6) is -9.41. The summed E-state index contributed by atoms with van der Waals surface area (Å²) in [4.78, 5) is 37.1. The Balaban J connectivity index is 1.24. The van der Waals surface area contributed by atoms with Gasteiger partial charge in [-0.3, -0.25) is 9.59 Å². The largest absolute Gasteiger partial charge is 0.481 e. The molecule has 0 aromatic heterocycles. The number of halogens is 2. The van der Waals surface area contributed by atoms with Crippen molar-refractivity contribution in [2.75, 3.05) is 13.2 Å². The van der Waals surface area contributed by atoms with Crippen LogP contribution in [0.3, 0.4) is 0 Å². The van der Waals surface area contributed by atoms with E-state index in [2.05, 4.69) is 10.6 Å². The fourth-order valence-corrected chi connectivity index (χ4v) is 5.36. The van der Waals surface area contributed by atoms with Crippen molar-refractivity contribution in [3.63, 3.8) is 0 Å². The molecular formula is C31H30F2N2O6. The molecule has 3 aromatic rings. The second kappa shape index (κ2) is 11.7. The average molecular weight is 565 g/mol. The van der Waals surface area contributed by atoms with Crippen molar-refractivity contribution in [2.24, 2.45) is 11.8 Å². The third-order valence-electron chi connectivity index (χ3n) is 7.69. The second-order valence-corrected chi connectivity index (χ2v) is 10.3. The van der Waals surface area contributed by atoms with Crippen molar-refractivity contribution in [1.29, 1.82) is 0 Å². The van der Waals surface area contributed by atoms with Crippen molar-refractivity contribution in [3.05, 3.63) is 95.6 Å². The van der Waals surface area contributed by atoms with Crippen LogP contribution in [0.5, 0.6) is 0 Å². The molecule has 2 aliphatic carbocycles. The maximum absolute atomic E-state index is 13.9. The molecular weight excluding hydrogens is 534 g/mol. The highest BCUT2D eigenvalue weighted by Crippen LogP contribution is 2.54. The number of rotatable bonds is 11. The van der Waals surface area contributed by atoms with Gasteiger partial charge in [0.25, 0.3) is 5.92 Å². The lowest BCUT2D eigenvalue weighted by Crippen LogP contribution is -2.53. The van der Waals surface area contributed by atoms with Gasteiger partial charge >= 0.3 is 12.1 Å². The number of nitrogens with one attached hydrogen (secondary N) is 2. The van der Waals surface area contributed by atoms with Gasteiger partial charge < -0.3 is 25.2 Å². The summed E-state index contributed by atoms with van der Waals surface area (Å²) in [5, 5.41) is 13.9. The number of amides is 2. The first-order valence-corrected chi connectivity index (χ1v) is 13.3. The summed E-state index contributed by atoms with van der Waals surface area (Å²) < 4.78 is 39.1. The third kappa shape index (κ3) is 5.92. The highest BCUT2D eigenvalue weighted by atomic mass is 19.3. The number of ether oxygens (including phenoxy) is 2. The minimum Gasteiger partial charge on any atom is -0.481 e. The Morgan fingerprint density at radius 1 is 0.927 bits per heavy atom. The average Bonchev–Trinajstić information content (AvgIpc) is 3.39. The normalized spacial score (nSPS) is 19.8. The van der Waals surface area contributed by atoms with Crippen LogP contribution in [0, 0.1) is 11.8 Å². The fourth-order valence-electron chi connectivity index (χ4n) is 5.36. The number of carbonyl (C=O) groups is 3. The van der Waals surface area contributed by atoms with E-state index in [0.717, 1.165) is 27.8 Å². The molecule has 0 saturated heterocycles. The smallest absolute Gasteiger partial charge is 0.407 e. The molecule has 0 aliphatic heterocycles. The van der Waals surface area contributed by atoms with Crippen molar-refractivity contribution in [1.82, 2.24) is 10.6 Å². The van der Waals surface area contributed by atoms with Crippen molar-refractivity contribution >= 4 is 18.0 Å². The van der Waals surface area contributed by atoms with Gasteiger partial charge in [-0.2, -0.15) is 0 Å². The SMILES string of the molecule is C[C@H](OCc1ccccc1)[C@@H](NC(=O)OCC1c2ccccc2-c2ccccc21)C(=O)NC[C@@H]1[C@H](C(=O)O)C1(F)F. The van der Waals surface area contributed by atoms with Crippen LogP contribution in [0.4, 0.5) is 13.6 Å². The second-order valence-electron chi connectivity index (χ2n) is 10.3. The number of carboxylic acid groups (broad SMARTS) is 1. The summed E-state index contributed by atoms with van der Waals surface area (Å²) in [5.41, 5.74) is 5.01. The summed E-state index contributed by atoms with van der Waals surface area (Å²) >= 11 is 0.